The molecular weight excluding hydrogens is 270 g/mol. The fraction of sp³-hybridized carbons (Fsp3) is 0.235. The van der Waals surface area contributed by atoms with E-state index in [2.05, 4.69) is 10.3 Å². The molecule has 1 aliphatic rings. The van der Waals surface area contributed by atoms with Crippen LogP contribution >= 0.6 is 0 Å². The molecule has 0 bridgehead atoms. The Kier molecular flexibility index (Phi) is 4.06. The lowest BCUT2D eigenvalue weighted by Gasteiger charge is -2.20. The summed E-state index contributed by atoms with van der Waals surface area (Å²) in [6, 6.07) is 11.1. The molecule has 1 saturated heterocycles. The second-order valence-electron chi connectivity index (χ2n) is 5.08. The lowest BCUT2D eigenvalue weighted by Crippen LogP contribution is -2.24. The van der Waals surface area contributed by atoms with E-state index in [0.717, 1.165) is 37.1 Å². The highest BCUT2D eigenvalue weighted by Crippen LogP contribution is 2.30. The Labute approximate surface area is 122 Å². The topological polar surface area (TPSA) is 24.9 Å². The van der Waals surface area contributed by atoms with Crippen molar-refractivity contribution >= 4 is 5.57 Å². The molecule has 3 rings (SSSR count). The zero-order chi connectivity index (χ0) is 14.7. The van der Waals surface area contributed by atoms with Crippen molar-refractivity contribution in [3.05, 3.63) is 71.1 Å². The molecule has 1 aromatic carbocycles. The zero-order valence-electron chi connectivity index (χ0n) is 11.6. The van der Waals surface area contributed by atoms with Crippen LogP contribution in [0.1, 0.15) is 24.1 Å². The third-order valence-corrected chi connectivity index (χ3v) is 3.66. The number of hydrogen-bond donors (Lipinski definition) is 1. The summed E-state index contributed by atoms with van der Waals surface area (Å²) < 4.78 is 26.6. The quantitative estimate of drug-likeness (QED) is 0.854. The average molecular weight is 286 g/mol. The SMILES string of the molecule is Fc1ccc(C(=C2CCNCC2)c2cccc(F)n2)cc1. The molecule has 1 aliphatic heterocycles. The van der Waals surface area contributed by atoms with Gasteiger partial charge in [0.05, 0.1) is 5.69 Å². The van der Waals surface area contributed by atoms with E-state index in [1.165, 1.54) is 23.8 Å². The van der Waals surface area contributed by atoms with E-state index >= 15 is 0 Å². The maximum atomic E-state index is 13.5. The van der Waals surface area contributed by atoms with E-state index in [0.29, 0.717) is 5.69 Å². The van der Waals surface area contributed by atoms with Crippen LogP contribution in [0.25, 0.3) is 5.57 Å². The molecule has 2 aromatic rings. The molecule has 21 heavy (non-hydrogen) atoms. The van der Waals surface area contributed by atoms with Crippen LogP contribution in [0.3, 0.4) is 0 Å². The number of piperidine rings is 1. The summed E-state index contributed by atoms with van der Waals surface area (Å²) in [7, 11) is 0. The first kappa shape index (κ1) is 13.9. The van der Waals surface area contributed by atoms with Crippen LogP contribution in [-0.2, 0) is 0 Å². The van der Waals surface area contributed by atoms with Crippen LogP contribution in [0.4, 0.5) is 8.78 Å². The molecule has 4 heteroatoms. The van der Waals surface area contributed by atoms with Gasteiger partial charge in [0.25, 0.3) is 0 Å². The van der Waals surface area contributed by atoms with E-state index in [1.54, 1.807) is 24.3 Å². The summed E-state index contributed by atoms with van der Waals surface area (Å²) in [4.78, 5) is 4.01. The number of hydrogen-bond acceptors (Lipinski definition) is 2. The minimum absolute atomic E-state index is 0.277. The van der Waals surface area contributed by atoms with Crippen molar-refractivity contribution in [2.45, 2.75) is 12.8 Å². The molecule has 1 N–H and O–H groups in total. The first-order valence-corrected chi connectivity index (χ1v) is 7.05. The molecule has 0 aliphatic carbocycles. The number of nitrogens with zero attached hydrogens (tertiary/aromatic N) is 1. The minimum atomic E-state index is -0.498. The van der Waals surface area contributed by atoms with Gasteiger partial charge in [0, 0.05) is 5.57 Å². The van der Waals surface area contributed by atoms with Gasteiger partial charge >= 0.3 is 0 Å². The van der Waals surface area contributed by atoms with E-state index in [9.17, 15) is 8.78 Å². The predicted molar refractivity (Wildman–Crippen MR) is 78.7 cm³/mol. The zero-order valence-corrected chi connectivity index (χ0v) is 11.6. The smallest absolute Gasteiger partial charge is 0.213 e. The van der Waals surface area contributed by atoms with Gasteiger partial charge in [0.1, 0.15) is 5.82 Å². The Hall–Kier alpha value is -2.07. The van der Waals surface area contributed by atoms with Crippen LogP contribution in [-0.4, -0.2) is 18.1 Å². The third-order valence-electron chi connectivity index (χ3n) is 3.66. The van der Waals surface area contributed by atoms with Crippen molar-refractivity contribution in [2.75, 3.05) is 13.1 Å². The van der Waals surface area contributed by atoms with Crippen molar-refractivity contribution in [3.8, 4) is 0 Å². The van der Waals surface area contributed by atoms with Gasteiger partial charge in [-0.05, 0) is 55.8 Å². The Balaban J connectivity index is 2.13. The number of halogens is 2. The van der Waals surface area contributed by atoms with E-state index in [1.807, 2.05) is 0 Å². The maximum absolute atomic E-state index is 13.5. The van der Waals surface area contributed by atoms with Crippen LogP contribution in [0.5, 0.6) is 0 Å². The number of aromatic nitrogens is 1. The van der Waals surface area contributed by atoms with Gasteiger partial charge in [-0.3, -0.25) is 0 Å². The van der Waals surface area contributed by atoms with E-state index < -0.39 is 5.95 Å². The molecule has 2 nitrogen and oxygen atoms in total. The first-order chi connectivity index (χ1) is 10.2. The molecule has 0 saturated carbocycles. The molecule has 1 fully saturated rings. The molecule has 1 aromatic heterocycles. The van der Waals surface area contributed by atoms with Gasteiger partial charge in [-0.25, -0.2) is 9.37 Å². The minimum Gasteiger partial charge on any atom is -0.316 e. The summed E-state index contributed by atoms with van der Waals surface area (Å²) in [5.74, 6) is -0.776. The Morgan fingerprint density at radius 3 is 2.33 bits per heavy atom. The number of nitrogens with one attached hydrogen (secondary N) is 1. The summed E-state index contributed by atoms with van der Waals surface area (Å²) >= 11 is 0. The highest BCUT2D eigenvalue weighted by molar-refractivity contribution is 5.80. The summed E-state index contributed by atoms with van der Waals surface area (Å²) in [5, 5.41) is 3.30. The maximum Gasteiger partial charge on any atom is 0.213 e. The lowest BCUT2D eigenvalue weighted by atomic mass is 9.91. The Morgan fingerprint density at radius 1 is 0.952 bits per heavy atom. The highest BCUT2D eigenvalue weighted by atomic mass is 19.1. The van der Waals surface area contributed by atoms with Gasteiger partial charge in [0.15, 0.2) is 0 Å². The normalized spacial score (nSPS) is 15.0. The summed E-state index contributed by atoms with van der Waals surface area (Å²) in [5.41, 5.74) is 3.65. The summed E-state index contributed by atoms with van der Waals surface area (Å²) in [6.07, 6.45) is 1.79. The second-order valence-corrected chi connectivity index (χ2v) is 5.08. The van der Waals surface area contributed by atoms with Crippen molar-refractivity contribution in [1.82, 2.24) is 10.3 Å². The molecule has 0 spiro atoms. The third kappa shape index (κ3) is 3.16. The number of rotatable bonds is 2. The molecule has 0 radical (unpaired) electrons. The molecule has 108 valence electrons. The molecule has 0 amide bonds. The van der Waals surface area contributed by atoms with Crippen molar-refractivity contribution in [1.29, 1.82) is 0 Å². The van der Waals surface area contributed by atoms with Crippen LogP contribution in [0, 0.1) is 11.8 Å². The largest absolute Gasteiger partial charge is 0.316 e. The van der Waals surface area contributed by atoms with Gasteiger partial charge < -0.3 is 5.32 Å². The summed E-state index contributed by atoms with van der Waals surface area (Å²) in [6.45, 7) is 1.80. The monoisotopic (exact) mass is 286 g/mol. The van der Waals surface area contributed by atoms with E-state index in [4.69, 9.17) is 0 Å². The predicted octanol–water partition coefficient (Wildman–Crippen LogP) is 3.55. The first-order valence-electron chi connectivity index (χ1n) is 7.05. The molecular formula is C17H16F2N2. The second kappa shape index (κ2) is 6.14. The van der Waals surface area contributed by atoms with Crippen molar-refractivity contribution < 1.29 is 8.78 Å². The Morgan fingerprint density at radius 2 is 1.67 bits per heavy atom. The van der Waals surface area contributed by atoms with Crippen molar-refractivity contribution in [3.63, 3.8) is 0 Å². The molecule has 0 atom stereocenters. The molecule has 0 unspecified atom stereocenters. The fourth-order valence-corrected chi connectivity index (χ4v) is 2.68. The highest BCUT2D eigenvalue weighted by Gasteiger charge is 2.16. The van der Waals surface area contributed by atoms with Gasteiger partial charge in [-0.2, -0.15) is 4.39 Å². The number of pyridine rings is 1. The van der Waals surface area contributed by atoms with Gasteiger partial charge in [-0.1, -0.05) is 23.8 Å². The van der Waals surface area contributed by atoms with Crippen LogP contribution in [0.2, 0.25) is 0 Å². The molecule has 2 heterocycles. The van der Waals surface area contributed by atoms with Crippen LogP contribution in [0.15, 0.2) is 48.0 Å². The van der Waals surface area contributed by atoms with Gasteiger partial charge in [0.2, 0.25) is 5.95 Å². The number of benzene rings is 1. The van der Waals surface area contributed by atoms with Crippen molar-refractivity contribution in [2.24, 2.45) is 0 Å². The standard InChI is InChI=1S/C17H16F2N2/c18-14-6-4-12(5-7-14)17(13-8-10-20-11-9-13)15-2-1-3-16(19)21-15/h1-7,20H,8-11H2. The van der Waals surface area contributed by atoms with E-state index in [-0.39, 0.29) is 5.82 Å². The van der Waals surface area contributed by atoms with Gasteiger partial charge in [-0.15, -0.1) is 0 Å². The fourth-order valence-electron chi connectivity index (χ4n) is 2.68. The lowest BCUT2D eigenvalue weighted by molar-refractivity contribution is 0.581. The Bertz CT molecular complexity index is 655. The average Bonchev–Trinajstić information content (AvgIpc) is 2.51. The van der Waals surface area contributed by atoms with Crippen LogP contribution < -0.4 is 5.32 Å².